The molecule has 0 saturated carbocycles. The van der Waals surface area contributed by atoms with Gasteiger partial charge in [0.15, 0.2) is 22.2 Å². The Kier molecular flexibility index (Phi) is 19.4. The normalized spacial score (nSPS) is 12.0. The van der Waals surface area contributed by atoms with Crippen LogP contribution in [-0.4, -0.2) is 74.1 Å². The number of aryl methyl sites for hydroxylation is 6. The van der Waals surface area contributed by atoms with Gasteiger partial charge in [0.05, 0.1) is 9.79 Å². The molecule has 32 heavy (non-hydrogen) atoms. The maximum absolute atomic E-state index is 11.3. The third-order valence-corrected chi connectivity index (χ3v) is 7.04. The van der Waals surface area contributed by atoms with Gasteiger partial charge in [0.25, 0.3) is 0 Å². The molecule has 0 heterocycles. The molecule has 2 atom stereocenters. The van der Waals surface area contributed by atoms with Gasteiger partial charge in [0.2, 0.25) is 0 Å². The van der Waals surface area contributed by atoms with Crippen LogP contribution in [0.1, 0.15) is 74.9 Å². The zero-order valence-corrected chi connectivity index (χ0v) is 20.7. The standard InChI is InChI=1S/2C12H18O2S.Ca.Li.3H/c2*1-4-9-7-10(5-2)12(15(13)14)11(6-3)8-9;;;;;/h2*7-8H,4-6H2,1-3H3,(H,13,14);;;;;. The predicted molar refractivity (Wildman–Crippen MR) is 143 cm³/mol. The van der Waals surface area contributed by atoms with Crippen LogP contribution in [0.3, 0.4) is 0 Å². The van der Waals surface area contributed by atoms with Crippen LogP contribution in [-0.2, 0) is 60.7 Å². The van der Waals surface area contributed by atoms with Crippen molar-refractivity contribution in [1.82, 2.24) is 0 Å². The third kappa shape index (κ3) is 9.64. The molecule has 2 unspecified atom stereocenters. The van der Waals surface area contributed by atoms with Gasteiger partial charge in [-0.15, -0.1) is 0 Å². The van der Waals surface area contributed by atoms with Crippen molar-refractivity contribution in [1.29, 1.82) is 0 Å². The van der Waals surface area contributed by atoms with E-state index in [2.05, 4.69) is 13.8 Å². The van der Waals surface area contributed by atoms with Gasteiger partial charge in [-0.1, -0.05) is 65.8 Å². The van der Waals surface area contributed by atoms with Gasteiger partial charge in [-0.05, 0) is 71.9 Å². The zero-order chi connectivity index (χ0) is 22.8. The molecule has 0 aliphatic rings. The van der Waals surface area contributed by atoms with E-state index in [1.165, 1.54) is 11.1 Å². The SMILES string of the molecule is CCc1cc(CC)c(S(=O)O)c(CC)c1.CCc1cc(CC)c(S(=O)O)c(CC)c1.[CaH2].[LiH]. The van der Waals surface area contributed by atoms with Crippen molar-refractivity contribution in [2.45, 2.75) is 89.9 Å². The van der Waals surface area contributed by atoms with E-state index in [1.54, 1.807) is 0 Å². The number of benzene rings is 2. The van der Waals surface area contributed by atoms with Crippen molar-refractivity contribution in [2.75, 3.05) is 0 Å². The summed E-state index contributed by atoms with van der Waals surface area (Å²) in [5.41, 5.74) is 6.52. The fourth-order valence-electron chi connectivity index (χ4n) is 3.56. The quantitative estimate of drug-likeness (QED) is 0.416. The van der Waals surface area contributed by atoms with E-state index in [-0.39, 0.29) is 56.6 Å². The Morgan fingerprint density at radius 3 is 0.906 bits per heavy atom. The summed E-state index contributed by atoms with van der Waals surface area (Å²) in [4.78, 5) is 1.24. The molecule has 4 nitrogen and oxygen atoms in total. The van der Waals surface area contributed by atoms with Gasteiger partial charge < -0.3 is 9.11 Å². The van der Waals surface area contributed by atoms with Gasteiger partial charge in [0.1, 0.15) is 0 Å². The molecule has 0 fully saturated rings. The molecule has 0 saturated heterocycles. The molecule has 174 valence electrons. The molecule has 2 N–H and O–H groups in total. The van der Waals surface area contributed by atoms with Crippen molar-refractivity contribution in [3.05, 3.63) is 57.6 Å². The van der Waals surface area contributed by atoms with Crippen LogP contribution in [0.2, 0.25) is 0 Å². The second-order valence-corrected chi connectivity index (χ2v) is 8.92. The van der Waals surface area contributed by atoms with Crippen LogP contribution >= 0.6 is 0 Å². The van der Waals surface area contributed by atoms with Gasteiger partial charge in [-0.3, -0.25) is 0 Å². The van der Waals surface area contributed by atoms with E-state index in [1.807, 2.05) is 52.0 Å². The molecule has 2 rings (SSSR count). The minimum atomic E-state index is -1.86. The second kappa shape index (κ2) is 17.9. The molecule has 0 aromatic heterocycles. The van der Waals surface area contributed by atoms with Gasteiger partial charge in [-0.2, -0.15) is 0 Å². The van der Waals surface area contributed by atoms with Crippen LogP contribution in [0, 0.1) is 0 Å². The van der Waals surface area contributed by atoms with E-state index in [9.17, 15) is 17.5 Å². The van der Waals surface area contributed by atoms with Crippen molar-refractivity contribution >= 4 is 78.8 Å². The van der Waals surface area contributed by atoms with Crippen LogP contribution in [0.4, 0.5) is 0 Å². The Bertz CT molecular complexity index is 780. The average molecular weight is 503 g/mol. The van der Waals surface area contributed by atoms with Crippen LogP contribution in [0.15, 0.2) is 34.1 Å². The maximum atomic E-state index is 11.3. The molecule has 0 aliphatic heterocycles. The molecule has 0 radical (unpaired) electrons. The summed E-state index contributed by atoms with van der Waals surface area (Å²) in [5, 5.41) is 0. The van der Waals surface area contributed by atoms with E-state index in [0.29, 0.717) is 9.79 Å². The summed E-state index contributed by atoms with van der Waals surface area (Å²) in [5.74, 6) is 0. The fourth-order valence-corrected chi connectivity index (χ4v) is 5.27. The first-order valence-corrected chi connectivity index (χ1v) is 13.0. The first-order chi connectivity index (χ1) is 14.3. The molecular formula is C24H39CaLiO4S2. The molecule has 0 spiro atoms. The molecular weight excluding hydrogens is 463 g/mol. The number of hydrogen-bond donors (Lipinski definition) is 2. The van der Waals surface area contributed by atoms with Crippen LogP contribution in [0.25, 0.3) is 0 Å². The second-order valence-electron chi connectivity index (χ2n) is 7.11. The molecule has 0 amide bonds. The van der Waals surface area contributed by atoms with Crippen molar-refractivity contribution in [3.63, 3.8) is 0 Å². The fraction of sp³-hybridized carbons (Fsp3) is 0.500. The van der Waals surface area contributed by atoms with Crippen molar-refractivity contribution in [3.8, 4) is 0 Å². The molecule has 2 aromatic carbocycles. The summed E-state index contributed by atoms with van der Waals surface area (Å²) in [6, 6.07) is 8.18. The molecule has 8 heteroatoms. The minimum absolute atomic E-state index is 0. The third-order valence-electron chi connectivity index (χ3n) is 5.29. The summed E-state index contributed by atoms with van der Waals surface area (Å²) >= 11 is -3.72. The molecule has 0 bridgehead atoms. The predicted octanol–water partition coefficient (Wildman–Crippen LogP) is 4.34. The van der Waals surface area contributed by atoms with Crippen molar-refractivity contribution < 1.29 is 17.5 Å². The molecule has 0 aliphatic carbocycles. The van der Waals surface area contributed by atoms with E-state index in [4.69, 9.17) is 0 Å². The molecule has 2 aromatic rings. The summed E-state index contributed by atoms with van der Waals surface area (Å²) in [7, 11) is 0. The van der Waals surface area contributed by atoms with Gasteiger partial charge >= 0.3 is 56.6 Å². The first kappa shape index (κ1) is 34.7. The monoisotopic (exact) mass is 502 g/mol. The van der Waals surface area contributed by atoms with Gasteiger partial charge in [-0.25, -0.2) is 8.42 Å². The van der Waals surface area contributed by atoms with Crippen molar-refractivity contribution in [2.24, 2.45) is 0 Å². The van der Waals surface area contributed by atoms with Crippen LogP contribution in [0.5, 0.6) is 0 Å². The first-order valence-electron chi connectivity index (χ1n) is 10.8. The van der Waals surface area contributed by atoms with E-state index in [0.717, 1.165) is 60.8 Å². The van der Waals surface area contributed by atoms with Crippen LogP contribution < -0.4 is 0 Å². The zero-order valence-electron chi connectivity index (χ0n) is 19.1. The Labute approximate surface area is 241 Å². The van der Waals surface area contributed by atoms with Gasteiger partial charge in [0, 0.05) is 0 Å². The van der Waals surface area contributed by atoms with E-state index >= 15 is 0 Å². The topological polar surface area (TPSA) is 74.6 Å². The van der Waals surface area contributed by atoms with E-state index < -0.39 is 22.2 Å². The summed E-state index contributed by atoms with van der Waals surface area (Å²) < 4.78 is 41.1. The average Bonchev–Trinajstić information content (AvgIpc) is 2.76. The summed E-state index contributed by atoms with van der Waals surface area (Å²) in [6.45, 7) is 12.3. The Morgan fingerprint density at radius 2 is 0.781 bits per heavy atom. The Morgan fingerprint density at radius 1 is 0.562 bits per heavy atom. The Hall–Kier alpha value is 0.517. The summed E-state index contributed by atoms with van der Waals surface area (Å²) in [6.07, 6.45) is 5.17. The number of hydrogen-bond acceptors (Lipinski definition) is 2. The number of rotatable bonds is 8. The Balaban J connectivity index is 0.